The van der Waals surface area contributed by atoms with Crippen LogP contribution < -0.4 is 15.0 Å². The summed E-state index contributed by atoms with van der Waals surface area (Å²) in [4.78, 5) is 40.8. The minimum Gasteiger partial charge on any atom is -0.495 e. The van der Waals surface area contributed by atoms with E-state index in [1.165, 1.54) is 19.1 Å². The van der Waals surface area contributed by atoms with Crippen LogP contribution in [0.25, 0.3) is 0 Å². The summed E-state index contributed by atoms with van der Waals surface area (Å²) in [5.74, 6) is -0.790. The summed E-state index contributed by atoms with van der Waals surface area (Å²) in [5.41, 5.74) is -0.559. The molecule has 3 aliphatic heterocycles. The summed E-state index contributed by atoms with van der Waals surface area (Å²) in [6.07, 6.45) is 3.38. The summed E-state index contributed by atoms with van der Waals surface area (Å²) in [6.45, 7) is 7.54. The van der Waals surface area contributed by atoms with Crippen molar-refractivity contribution in [2.75, 3.05) is 26.2 Å². The Morgan fingerprint density at radius 3 is 2.67 bits per heavy atom. The number of anilines is 1. The topological polar surface area (TPSA) is 136 Å². The minimum absolute atomic E-state index is 0.00808. The highest BCUT2D eigenvalue weighted by Gasteiger charge is 2.64. The molecule has 0 radical (unpaired) electrons. The van der Waals surface area contributed by atoms with Crippen molar-refractivity contribution >= 4 is 35.3 Å². The van der Waals surface area contributed by atoms with E-state index in [0.717, 1.165) is 17.6 Å². The number of methoxy groups -OCH3 is 2. The summed E-state index contributed by atoms with van der Waals surface area (Å²) < 4.78 is 28.9. The molecule has 1 aromatic carbocycles. The number of nitrogens with zero attached hydrogens (tertiary/aromatic N) is 1. The van der Waals surface area contributed by atoms with E-state index in [0.29, 0.717) is 24.3 Å². The van der Waals surface area contributed by atoms with Gasteiger partial charge in [0.05, 0.1) is 25.3 Å². The van der Waals surface area contributed by atoms with Crippen LogP contribution >= 0.6 is 11.6 Å². The average molecular weight is 649 g/mol. The van der Waals surface area contributed by atoms with Gasteiger partial charge >= 0.3 is 12.1 Å². The fourth-order valence-corrected chi connectivity index (χ4v) is 6.46. The molecule has 2 amide bonds. The van der Waals surface area contributed by atoms with E-state index in [-0.39, 0.29) is 30.2 Å². The van der Waals surface area contributed by atoms with Crippen LogP contribution in [0.2, 0.25) is 5.02 Å². The Morgan fingerprint density at radius 2 is 2.00 bits per heavy atom. The number of esters is 1. The smallest absolute Gasteiger partial charge is 0.409 e. The molecule has 45 heavy (non-hydrogen) atoms. The summed E-state index contributed by atoms with van der Waals surface area (Å²) >= 11 is 6.70. The summed E-state index contributed by atoms with van der Waals surface area (Å²) in [7, 11) is 4.58. The van der Waals surface area contributed by atoms with Crippen molar-refractivity contribution in [3.63, 3.8) is 0 Å². The van der Waals surface area contributed by atoms with Gasteiger partial charge in [0, 0.05) is 32.9 Å². The third-order valence-corrected chi connectivity index (χ3v) is 9.34. The average Bonchev–Trinajstić information content (AvgIpc) is 3.69. The maximum Gasteiger partial charge on any atom is 0.409 e. The number of rotatable bonds is 6. The zero-order chi connectivity index (χ0) is 33.1. The molecule has 7 atom stereocenters. The van der Waals surface area contributed by atoms with Gasteiger partial charge in [-0.3, -0.25) is 14.9 Å². The van der Waals surface area contributed by atoms with Crippen molar-refractivity contribution in [1.29, 1.82) is 0 Å². The zero-order valence-electron chi connectivity index (χ0n) is 27.1. The molecule has 0 aromatic heterocycles. The van der Waals surface area contributed by atoms with Crippen molar-refractivity contribution in [2.45, 2.75) is 102 Å². The first-order chi connectivity index (χ1) is 21.3. The van der Waals surface area contributed by atoms with Gasteiger partial charge in [0.1, 0.15) is 34.7 Å². The molecule has 0 aliphatic carbocycles. The third kappa shape index (κ3) is 7.65. The number of amides is 2. The van der Waals surface area contributed by atoms with Crippen LogP contribution in [0.4, 0.5) is 10.5 Å². The molecule has 4 rings (SSSR count). The molecule has 3 unspecified atom stereocenters. The van der Waals surface area contributed by atoms with E-state index >= 15 is 0 Å². The Balaban J connectivity index is 1.78. The van der Waals surface area contributed by atoms with Gasteiger partial charge in [0.25, 0.3) is 0 Å². The lowest BCUT2D eigenvalue weighted by molar-refractivity contribution is -0.154. The monoisotopic (exact) mass is 648 g/mol. The van der Waals surface area contributed by atoms with Crippen molar-refractivity contribution in [3.8, 4) is 5.75 Å². The lowest BCUT2D eigenvalue weighted by Gasteiger charge is -2.42. The maximum atomic E-state index is 13.8. The Kier molecular flexibility index (Phi) is 10.9. The van der Waals surface area contributed by atoms with E-state index in [4.69, 9.17) is 35.3 Å². The number of aliphatic hydroxyl groups is 1. The highest BCUT2D eigenvalue weighted by molar-refractivity contribution is 6.35. The number of halogens is 1. The molecule has 11 nitrogen and oxygen atoms in total. The second-order valence-corrected chi connectivity index (χ2v) is 12.8. The number of nitrogens with one attached hydrogen (secondary N) is 1. The van der Waals surface area contributed by atoms with Crippen molar-refractivity contribution in [1.82, 2.24) is 5.32 Å². The molecular weight excluding hydrogens is 604 g/mol. The van der Waals surface area contributed by atoms with Crippen LogP contribution in [-0.2, 0) is 35.0 Å². The molecule has 4 bridgehead atoms. The van der Waals surface area contributed by atoms with Gasteiger partial charge in [-0.1, -0.05) is 55.7 Å². The molecule has 248 valence electrons. The number of hydrogen-bond acceptors (Lipinski definition) is 9. The predicted octanol–water partition coefficient (Wildman–Crippen LogP) is 4.86. The van der Waals surface area contributed by atoms with Gasteiger partial charge < -0.3 is 33.7 Å². The second-order valence-electron chi connectivity index (χ2n) is 12.4. The van der Waals surface area contributed by atoms with E-state index < -0.39 is 53.7 Å². The third-order valence-electron chi connectivity index (χ3n) is 8.96. The lowest BCUT2D eigenvalue weighted by atomic mass is 9.83. The van der Waals surface area contributed by atoms with Gasteiger partial charge in [0.15, 0.2) is 5.72 Å². The number of fused-ring (bicyclic) bond motifs is 5. The highest BCUT2D eigenvalue weighted by atomic mass is 35.5. The van der Waals surface area contributed by atoms with Crippen molar-refractivity contribution in [2.24, 2.45) is 5.92 Å². The van der Waals surface area contributed by atoms with Crippen molar-refractivity contribution in [3.05, 3.63) is 46.5 Å². The Bertz CT molecular complexity index is 1350. The molecule has 3 heterocycles. The van der Waals surface area contributed by atoms with Crippen LogP contribution in [0, 0.1) is 5.92 Å². The van der Waals surface area contributed by atoms with Gasteiger partial charge in [-0.2, -0.15) is 0 Å². The van der Waals surface area contributed by atoms with Crippen LogP contribution in [0.15, 0.2) is 35.9 Å². The van der Waals surface area contributed by atoms with Gasteiger partial charge in [-0.25, -0.2) is 4.79 Å². The van der Waals surface area contributed by atoms with Gasteiger partial charge in [-0.05, 0) is 44.4 Å². The first-order valence-electron chi connectivity index (χ1n) is 15.3. The second kappa shape index (κ2) is 14.1. The number of alkyl carbamates (subject to hydrolysis) is 1. The minimum atomic E-state index is -1.77. The number of benzene rings is 1. The normalized spacial score (nSPS) is 34.0. The Morgan fingerprint density at radius 1 is 1.27 bits per heavy atom. The first kappa shape index (κ1) is 34.7. The molecule has 2 N–H and O–H groups in total. The molecule has 2 fully saturated rings. The van der Waals surface area contributed by atoms with Crippen molar-refractivity contribution < 1.29 is 43.2 Å². The number of carbonyl (C=O) groups is 3. The number of allylic oxidation sites excluding steroid dienone is 3. The molecular formula is C33H45ClN2O9. The standard InChI is InChI=1S/C33H45ClN2O9/c1-8-9-13-28(38)44-26-17-27(37)36(5)22-15-21(16-23(41-6)29(22)34)14-19(2)11-10-12-25(42-7)33(40)18-24(43-31(39)35-33)20(3)30-32(26,4)45-30/h10-12,15-16,20,24-26,30,40H,8-9,13-14,17-18H2,1-7H3,(H,35,39)/b12-10+,19-11+/t20-,24?,25-,26+,30?,32?,33+/m1/s1. The van der Waals surface area contributed by atoms with Crippen LogP contribution in [0.1, 0.15) is 65.4 Å². The van der Waals surface area contributed by atoms with Gasteiger partial charge in [-0.15, -0.1) is 0 Å². The Labute approximate surface area is 269 Å². The quantitative estimate of drug-likeness (QED) is 0.327. The van der Waals surface area contributed by atoms with E-state index in [1.807, 2.05) is 39.0 Å². The Hall–Kier alpha value is -3.12. The largest absolute Gasteiger partial charge is 0.495 e. The number of epoxide rings is 1. The highest BCUT2D eigenvalue weighted by Crippen LogP contribution is 2.49. The van der Waals surface area contributed by atoms with Crippen LogP contribution in [-0.4, -0.2) is 80.1 Å². The zero-order valence-corrected chi connectivity index (χ0v) is 27.8. The fraction of sp³-hybridized carbons (Fsp3) is 0.606. The fourth-order valence-electron chi connectivity index (χ4n) is 6.14. The molecule has 3 aliphatic rings. The number of unbranched alkanes of at least 4 members (excludes halogenated alkanes) is 1. The number of carbonyl (C=O) groups excluding carboxylic acids is 3. The predicted molar refractivity (Wildman–Crippen MR) is 168 cm³/mol. The van der Waals surface area contributed by atoms with Crippen LogP contribution in [0.3, 0.4) is 0 Å². The summed E-state index contributed by atoms with van der Waals surface area (Å²) in [6, 6.07) is 3.65. The number of hydrogen-bond donors (Lipinski definition) is 2. The molecule has 1 aromatic rings. The molecule has 0 saturated carbocycles. The lowest BCUT2D eigenvalue weighted by Crippen LogP contribution is -2.63. The maximum absolute atomic E-state index is 13.8. The number of ether oxygens (including phenoxy) is 5. The van der Waals surface area contributed by atoms with Crippen LogP contribution in [0.5, 0.6) is 5.75 Å². The molecule has 2 saturated heterocycles. The molecule has 0 spiro atoms. The van der Waals surface area contributed by atoms with E-state index in [1.54, 1.807) is 26.1 Å². The SMILES string of the molecule is CCCCC(=O)O[C@H]1CC(=O)N(C)c2cc(cc(OC)c2Cl)C/C(C)=C/C=C/[C@@H](OC)[C@@]2(O)CC(OC(=O)N2)[C@@H](C)C2OC21C. The van der Waals surface area contributed by atoms with E-state index in [9.17, 15) is 19.5 Å². The first-order valence-corrected chi connectivity index (χ1v) is 15.7. The summed E-state index contributed by atoms with van der Waals surface area (Å²) in [5, 5.41) is 14.4. The molecule has 12 heteroatoms. The van der Waals surface area contributed by atoms with Gasteiger partial charge in [0.2, 0.25) is 5.91 Å². The van der Waals surface area contributed by atoms with E-state index in [2.05, 4.69) is 5.32 Å².